The van der Waals surface area contributed by atoms with Crippen LogP contribution in [0.5, 0.6) is 0 Å². The van der Waals surface area contributed by atoms with Crippen LogP contribution in [-0.2, 0) is 16.6 Å². The van der Waals surface area contributed by atoms with Crippen LogP contribution in [-0.4, -0.2) is 25.0 Å². The molecule has 6 heteroatoms. The second-order valence-corrected chi connectivity index (χ2v) is 8.42. The van der Waals surface area contributed by atoms with Crippen LogP contribution < -0.4 is 0 Å². The van der Waals surface area contributed by atoms with Crippen LogP contribution in [0.4, 0.5) is 0 Å². The second kappa shape index (κ2) is 5.48. The first-order chi connectivity index (χ1) is 9.56. The Bertz CT molecular complexity index is 724. The Labute approximate surface area is 127 Å². The molecular weight excluding hydrogens is 314 g/mol. The van der Waals surface area contributed by atoms with Gasteiger partial charge in [0.15, 0.2) is 0 Å². The van der Waals surface area contributed by atoms with Gasteiger partial charge in [0.2, 0.25) is 10.0 Å². The van der Waals surface area contributed by atoms with Crippen LogP contribution in [0.2, 0.25) is 4.34 Å². The maximum absolute atomic E-state index is 11.8. The van der Waals surface area contributed by atoms with Crippen LogP contribution in [0.15, 0.2) is 35.7 Å². The molecule has 3 nitrogen and oxygen atoms in total. The molecule has 1 saturated heterocycles. The van der Waals surface area contributed by atoms with Crippen LogP contribution in [0.3, 0.4) is 0 Å². The van der Waals surface area contributed by atoms with Crippen LogP contribution in [0, 0.1) is 0 Å². The fourth-order valence-corrected chi connectivity index (χ4v) is 4.88. The average Bonchev–Trinajstić information content (AvgIpc) is 2.97. The first kappa shape index (κ1) is 14.1. The first-order valence-corrected chi connectivity index (χ1v) is 9.23. The van der Waals surface area contributed by atoms with E-state index in [-0.39, 0.29) is 5.75 Å². The minimum atomic E-state index is -3.05. The summed E-state index contributed by atoms with van der Waals surface area (Å²) < 4.78 is 26.0. The van der Waals surface area contributed by atoms with Gasteiger partial charge in [-0.2, -0.15) is 4.31 Å². The number of thiophene rings is 1. The summed E-state index contributed by atoms with van der Waals surface area (Å²) in [6.07, 6.45) is 0.721. The van der Waals surface area contributed by atoms with Gasteiger partial charge in [-0.15, -0.1) is 11.3 Å². The van der Waals surface area contributed by atoms with Crippen molar-refractivity contribution in [1.29, 1.82) is 0 Å². The molecule has 20 heavy (non-hydrogen) atoms. The lowest BCUT2D eigenvalue weighted by molar-refractivity contribution is 0.440. The quantitative estimate of drug-likeness (QED) is 0.863. The van der Waals surface area contributed by atoms with Gasteiger partial charge in [0.05, 0.1) is 5.75 Å². The summed E-state index contributed by atoms with van der Waals surface area (Å²) in [7, 11) is -3.05. The summed E-state index contributed by atoms with van der Waals surface area (Å²) >= 11 is 7.65. The number of hydrogen-bond acceptors (Lipinski definition) is 3. The predicted octanol–water partition coefficient (Wildman–Crippen LogP) is 3.60. The van der Waals surface area contributed by atoms with Crippen molar-refractivity contribution in [2.24, 2.45) is 0 Å². The molecule has 0 spiro atoms. The molecule has 3 rings (SSSR count). The third-order valence-corrected chi connectivity index (χ3v) is 6.49. The lowest BCUT2D eigenvalue weighted by atomic mass is 10.1. The highest BCUT2D eigenvalue weighted by atomic mass is 35.5. The van der Waals surface area contributed by atoms with Gasteiger partial charge in [-0.3, -0.25) is 0 Å². The highest BCUT2D eigenvalue weighted by Crippen LogP contribution is 2.33. The topological polar surface area (TPSA) is 37.4 Å². The Balaban J connectivity index is 1.87. The zero-order chi connectivity index (χ0) is 14.2. The van der Waals surface area contributed by atoms with E-state index in [0.717, 1.165) is 27.4 Å². The third kappa shape index (κ3) is 2.76. The van der Waals surface area contributed by atoms with E-state index >= 15 is 0 Å². The average molecular weight is 328 g/mol. The normalized spacial score (nSPS) is 18.4. The van der Waals surface area contributed by atoms with Gasteiger partial charge in [0.1, 0.15) is 4.34 Å². The minimum absolute atomic E-state index is 0.267. The summed E-state index contributed by atoms with van der Waals surface area (Å²) in [4.78, 5) is 0. The molecule has 1 fully saturated rings. The lowest BCUT2D eigenvalue weighted by Gasteiger charge is -2.14. The van der Waals surface area contributed by atoms with E-state index in [1.165, 1.54) is 11.3 Å². The molecule has 0 amide bonds. The molecule has 2 aromatic rings. The van der Waals surface area contributed by atoms with E-state index < -0.39 is 10.0 Å². The maximum Gasteiger partial charge on any atom is 0.214 e. The summed E-state index contributed by atoms with van der Waals surface area (Å²) in [5.74, 6) is 0.267. The second-order valence-electron chi connectivity index (χ2n) is 4.81. The summed E-state index contributed by atoms with van der Waals surface area (Å²) in [5.41, 5.74) is 3.03. The number of halogens is 1. The van der Waals surface area contributed by atoms with Gasteiger partial charge in [-0.1, -0.05) is 29.8 Å². The Morgan fingerprint density at radius 3 is 2.80 bits per heavy atom. The van der Waals surface area contributed by atoms with Crippen molar-refractivity contribution in [3.05, 3.63) is 45.6 Å². The first-order valence-electron chi connectivity index (χ1n) is 6.36. The van der Waals surface area contributed by atoms with Crippen LogP contribution >= 0.6 is 22.9 Å². The number of hydrogen-bond donors (Lipinski definition) is 0. The van der Waals surface area contributed by atoms with Crippen molar-refractivity contribution in [3.63, 3.8) is 0 Å². The largest absolute Gasteiger partial charge is 0.214 e. The SMILES string of the molecule is O=S1(=O)CCCN1Cc1cccc(-c2ccsc2Cl)c1. The molecule has 0 N–H and O–H groups in total. The van der Waals surface area contributed by atoms with Crippen molar-refractivity contribution in [2.45, 2.75) is 13.0 Å². The molecule has 0 unspecified atom stereocenters. The van der Waals surface area contributed by atoms with Crippen molar-refractivity contribution in [1.82, 2.24) is 4.31 Å². The third-order valence-electron chi connectivity index (χ3n) is 3.42. The van der Waals surface area contributed by atoms with Gasteiger partial charge in [0, 0.05) is 18.7 Å². The van der Waals surface area contributed by atoms with Crippen molar-refractivity contribution >= 4 is 33.0 Å². The number of benzene rings is 1. The smallest absolute Gasteiger partial charge is 0.212 e. The predicted molar refractivity (Wildman–Crippen MR) is 83.6 cm³/mol. The molecule has 0 bridgehead atoms. The monoisotopic (exact) mass is 327 g/mol. The van der Waals surface area contributed by atoms with Gasteiger partial charge in [-0.05, 0) is 35.1 Å². The highest BCUT2D eigenvalue weighted by molar-refractivity contribution is 7.89. The molecule has 0 radical (unpaired) electrons. The number of sulfonamides is 1. The highest BCUT2D eigenvalue weighted by Gasteiger charge is 2.27. The summed E-state index contributed by atoms with van der Waals surface area (Å²) in [5, 5.41) is 1.95. The molecule has 1 aliphatic heterocycles. The summed E-state index contributed by atoms with van der Waals surface area (Å²) in [6.45, 7) is 1.06. The van der Waals surface area contributed by atoms with E-state index in [1.807, 2.05) is 35.7 Å². The van der Waals surface area contributed by atoms with Crippen molar-refractivity contribution < 1.29 is 8.42 Å². The fourth-order valence-electron chi connectivity index (χ4n) is 2.41. The lowest BCUT2D eigenvalue weighted by Crippen LogP contribution is -2.25. The Morgan fingerprint density at radius 2 is 2.15 bits per heavy atom. The van der Waals surface area contributed by atoms with Crippen LogP contribution in [0.1, 0.15) is 12.0 Å². The van der Waals surface area contributed by atoms with Gasteiger partial charge < -0.3 is 0 Å². The van der Waals surface area contributed by atoms with Gasteiger partial charge in [-0.25, -0.2) is 8.42 Å². The van der Waals surface area contributed by atoms with Crippen molar-refractivity contribution in [3.8, 4) is 11.1 Å². The standard InChI is InChI=1S/C14H14ClNO2S2/c15-14-13(5-7-19-14)12-4-1-3-11(9-12)10-16-6-2-8-20(16,17)18/h1,3-5,7,9H,2,6,8,10H2. The summed E-state index contributed by atoms with van der Waals surface area (Å²) in [6, 6.07) is 9.90. The Kier molecular flexibility index (Phi) is 3.86. The molecule has 1 aromatic carbocycles. The van der Waals surface area contributed by atoms with E-state index in [9.17, 15) is 8.42 Å². The van der Waals surface area contributed by atoms with E-state index in [4.69, 9.17) is 11.6 Å². The minimum Gasteiger partial charge on any atom is -0.212 e. The fraction of sp³-hybridized carbons (Fsp3) is 0.286. The molecular formula is C14H14ClNO2S2. The van der Waals surface area contributed by atoms with Gasteiger partial charge in [0.25, 0.3) is 0 Å². The molecule has 2 heterocycles. The molecule has 106 valence electrons. The molecule has 1 aromatic heterocycles. The zero-order valence-electron chi connectivity index (χ0n) is 10.8. The molecule has 0 saturated carbocycles. The number of nitrogens with zero attached hydrogens (tertiary/aromatic N) is 1. The van der Waals surface area contributed by atoms with E-state index in [1.54, 1.807) is 4.31 Å². The van der Waals surface area contributed by atoms with E-state index in [2.05, 4.69) is 0 Å². The molecule has 0 aliphatic carbocycles. The zero-order valence-corrected chi connectivity index (χ0v) is 13.1. The van der Waals surface area contributed by atoms with Crippen LogP contribution in [0.25, 0.3) is 11.1 Å². The van der Waals surface area contributed by atoms with Crippen molar-refractivity contribution in [2.75, 3.05) is 12.3 Å². The maximum atomic E-state index is 11.8. The Hall–Kier alpha value is -0.880. The molecule has 0 atom stereocenters. The molecule has 1 aliphatic rings. The number of rotatable bonds is 3. The van der Waals surface area contributed by atoms with Gasteiger partial charge >= 0.3 is 0 Å². The van der Waals surface area contributed by atoms with E-state index in [0.29, 0.717) is 13.1 Å². The Morgan fingerprint density at radius 1 is 1.30 bits per heavy atom.